The molecular formula is C8H12NO. The Balaban J connectivity index is 2.25. The molecular weight excluding hydrogens is 126 g/mol. The van der Waals surface area contributed by atoms with Crippen LogP contribution >= 0.6 is 0 Å². The number of hydrogen-bond acceptors (Lipinski definition) is 1. The minimum atomic E-state index is 0.0537. The minimum absolute atomic E-state index is 0.0537. The third-order valence-electron chi connectivity index (χ3n) is 2.27. The van der Waals surface area contributed by atoms with Gasteiger partial charge in [-0.1, -0.05) is 0 Å². The van der Waals surface area contributed by atoms with E-state index in [4.69, 9.17) is 5.26 Å². The summed E-state index contributed by atoms with van der Waals surface area (Å²) in [7, 11) is 0. The fourth-order valence-electron chi connectivity index (χ4n) is 1.46. The van der Waals surface area contributed by atoms with E-state index in [2.05, 4.69) is 6.07 Å². The van der Waals surface area contributed by atoms with E-state index < -0.39 is 0 Å². The normalized spacial score (nSPS) is 33.2. The Labute approximate surface area is 61.5 Å². The summed E-state index contributed by atoms with van der Waals surface area (Å²) < 4.78 is 0. The van der Waals surface area contributed by atoms with Crippen molar-refractivity contribution in [2.45, 2.75) is 25.7 Å². The third kappa shape index (κ3) is 1.71. The lowest BCUT2D eigenvalue weighted by atomic mass is 9.83. The van der Waals surface area contributed by atoms with E-state index in [9.17, 15) is 5.11 Å². The molecule has 10 heavy (non-hydrogen) atoms. The van der Waals surface area contributed by atoms with Crippen molar-refractivity contribution in [1.82, 2.24) is 0 Å². The Kier molecular flexibility index (Phi) is 2.70. The van der Waals surface area contributed by atoms with Crippen LogP contribution < -0.4 is 0 Å². The molecule has 0 heterocycles. The molecule has 0 aromatic rings. The molecule has 1 aliphatic rings. The Bertz CT molecular complexity index is 131. The number of hydrogen-bond donors (Lipinski definition) is 0. The Morgan fingerprint density at radius 1 is 1.30 bits per heavy atom. The van der Waals surface area contributed by atoms with Crippen LogP contribution in [0.2, 0.25) is 0 Å². The van der Waals surface area contributed by atoms with Crippen molar-refractivity contribution in [2.75, 3.05) is 6.61 Å². The Morgan fingerprint density at radius 3 is 2.30 bits per heavy atom. The number of nitrogens with zero attached hydrogens (tertiary/aromatic N) is 1. The molecule has 1 fully saturated rings. The molecule has 55 valence electrons. The topological polar surface area (TPSA) is 43.7 Å². The molecule has 0 spiro atoms. The van der Waals surface area contributed by atoms with E-state index in [0.717, 1.165) is 25.7 Å². The summed E-state index contributed by atoms with van der Waals surface area (Å²) >= 11 is 0. The van der Waals surface area contributed by atoms with Crippen molar-refractivity contribution in [2.24, 2.45) is 11.8 Å². The van der Waals surface area contributed by atoms with Gasteiger partial charge in [0.05, 0.1) is 12.7 Å². The highest BCUT2D eigenvalue weighted by atomic mass is 16.3. The van der Waals surface area contributed by atoms with Gasteiger partial charge in [-0.2, -0.15) is 5.26 Å². The lowest BCUT2D eigenvalue weighted by molar-refractivity contribution is 0.116. The highest BCUT2D eigenvalue weighted by Gasteiger charge is 2.19. The highest BCUT2D eigenvalue weighted by molar-refractivity contribution is 4.86. The van der Waals surface area contributed by atoms with Crippen LogP contribution in [0.3, 0.4) is 0 Å². The van der Waals surface area contributed by atoms with Gasteiger partial charge >= 0.3 is 0 Å². The molecule has 0 aromatic heterocycles. The lowest BCUT2D eigenvalue weighted by Gasteiger charge is -2.21. The second-order valence-electron chi connectivity index (χ2n) is 3.01. The van der Waals surface area contributed by atoms with E-state index in [1.165, 1.54) is 0 Å². The second kappa shape index (κ2) is 3.58. The molecule has 1 radical (unpaired) electrons. The average Bonchev–Trinajstić information content (AvgIpc) is 2.05. The zero-order valence-corrected chi connectivity index (χ0v) is 6.05. The summed E-state index contributed by atoms with van der Waals surface area (Å²) in [5.41, 5.74) is 0. The fraction of sp³-hybridized carbons (Fsp3) is 0.875. The van der Waals surface area contributed by atoms with Crippen LogP contribution in [0.5, 0.6) is 0 Å². The van der Waals surface area contributed by atoms with Gasteiger partial charge in [0.2, 0.25) is 0 Å². The Morgan fingerprint density at radius 2 is 1.90 bits per heavy atom. The minimum Gasteiger partial charge on any atom is -0.236 e. The maximum atomic E-state index is 10.4. The maximum Gasteiger partial charge on any atom is 0.0850 e. The van der Waals surface area contributed by atoms with Crippen molar-refractivity contribution in [1.29, 1.82) is 5.26 Å². The molecule has 0 bridgehead atoms. The monoisotopic (exact) mass is 138 g/mol. The average molecular weight is 138 g/mol. The summed E-state index contributed by atoms with van der Waals surface area (Å²) in [6.45, 7) is 0.0537. The van der Waals surface area contributed by atoms with Gasteiger partial charge in [0.25, 0.3) is 0 Å². The molecule has 2 heteroatoms. The van der Waals surface area contributed by atoms with Crippen LogP contribution in [-0.2, 0) is 5.11 Å². The van der Waals surface area contributed by atoms with Crippen LogP contribution in [0.25, 0.3) is 0 Å². The van der Waals surface area contributed by atoms with Crippen molar-refractivity contribution >= 4 is 0 Å². The van der Waals surface area contributed by atoms with Crippen LogP contribution in [-0.4, -0.2) is 6.61 Å². The molecule has 1 aliphatic carbocycles. The summed E-state index contributed by atoms with van der Waals surface area (Å²) in [5, 5.41) is 18.9. The van der Waals surface area contributed by atoms with Crippen LogP contribution in [0.1, 0.15) is 25.7 Å². The van der Waals surface area contributed by atoms with Crippen molar-refractivity contribution < 1.29 is 5.11 Å². The molecule has 1 saturated carbocycles. The van der Waals surface area contributed by atoms with Crippen LogP contribution in [0.4, 0.5) is 0 Å². The van der Waals surface area contributed by atoms with E-state index in [-0.39, 0.29) is 12.5 Å². The predicted molar refractivity (Wildman–Crippen MR) is 36.6 cm³/mol. The highest BCUT2D eigenvalue weighted by Crippen LogP contribution is 2.27. The SMILES string of the molecule is N#CC1CCC(C[O])CC1. The first-order valence-corrected chi connectivity index (χ1v) is 3.84. The van der Waals surface area contributed by atoms with E-state index in [1.54, 1.807) is 0 Å². The quantitative estimate of drug-likeness (QED) is 0.544. The largest absolute Gasteiger partial charge is 0.236 e. The van der Waals surface area contributed by atoms with Gasteiger partial charge in [-0.3, -0.25) is 0 Å². The van der Waals surface area contributed by atoms with Gasteiger partial charge in [-0.05, 0) is 31.6 Å². The van der Waals surface area contributed by atoms with Crippen molar-refractivity contribution in [3.8, 4) is 6.07 Å². The molecule has 0 aromatic carbocycles. The van der Waals surface area contributed by atoms with Crippen molar-refractivity contribution in [3.05, 3.63) is 0 Å². The van der Waals surface area contributed by atoms with Gasteiger partial charge in [0, 0.05) is 5.92 Å². The summed E-state index contributed by atoms with van der Waals surface area (Å²) in [4.78, 5) is 0. The summed E-state index contributed by atoms with van der Waals surface area (Å²) in [6, 6.07) is 2.25. The predicted octanol–water partition coefficient (Wildman–Crippen LogP) is 1.75. The smallest absolute Gasteiger partial charge is 0.0850 e. The standard InChI is InChI=1S/C8H12NO/c9-5-7-1-3-8(6-10)4-2-7/h7-8H,1-4,6H2. The van der Waals surface area contributed by atoms with Gasteiger partial charge in [0.1, 0.15) is 0 Å². The third-order valence-corrected chi connectivity index (χ3v) is 2.27. The Hall–Kier alpha value is -0.550. The second-order valence-corrected chi connectivity index (χ2v) is 3.01. The van der Waals surface area contributed by atoms with Crippen LogP contribution in [0.15, 0.2) is 0 Å². The molecule has 1 rings (SSSR count). The van der Waals surface area contributed by atoms with Gasteiger partial charge < -0.3 is 0 Å². The zero-order chi connectivity index (χ0) is 7.40. The van der Waals surface area contributed by atoms with Crippen LogP contribution in [0, 0.1) is 23.2 Å². The van der Waals surface area contributed by atoms with E-state index in [1.807, 2.05) is 0 Å². The molecule has 0 atom stereocenters. The molecule has 0 aliphatic heterocycles. The maximum absolute atomic E-state index is 10.4. The molecule has 0 unspecified atom stereocenters. The first kappa shape index (κ1) is 7.56. The fourth-order valence-corrected chi connectivity index (χ4v) is 1.46. The van der Waals surface area contributed by atoms with Gasteiger partial charge in [0.15, 0.2) is 0 Å². The van der Waals surface area contributed by atoms with Gasteiger partial charge in [-0.25, -0.2) is 5.11 Å². The number of nitriles is 1. The first-order chi connectivity index (χ1) is 4.86. The summed E-state index contributed by atoms with van der Waals surface area (Å²) in [6.07, 6.45) is 3.84. The van der Waals surface area contributed by atoms with Crippen molar-refractivity contribution in [3.63, 3.8) is 0 Å². The lowest BCUT2D eigenvalue weighted by Crippen LogP contribution is -2.15. The molecule has 0 amide bonds. The molecule has 0 N–H and O–H groups in total. The van der Waals surface area contributed by atoms with E-state index in [0.29, 0.717) is 5.92 Å². The molecule has 0 saturated heterocycles. The number of rotatable bonds is 1. The zero-order valence-electron chi connectivity index (χ0n) is 6.05. The molecule has 2 nitrogen and oxygen atoms in total. The summed E-state index contributed by atoms with van der Waals surface area (Å²) in [5.74, 6) is 0.604. The van der Waals surface area contributed by atoms with E-state index >= 15 is 0 Å². The van der Waals surface area contributed by atoms with Gasteiger partial charge in [-0.15, -0.1) is 0 Å². The first-order valence-electron chi connectivity index (χ1n) is 3.84.